The van der Waals surface area contributed by atoms with Crippen LogP contribution in [0.5, 0.6) is 0 Å². The quantitative estimate of drug-likeness (QED) is 0.430. The summed E-state index contributed by atoms with van der Waals surface area (Å²) in [6, 6.07) is 8.81. The number of nitrogens with one attached hydrogen (secondary N) is 1. The van der Waals surface area contributed by atoms with Crippen LogP contribution in [0.2, 0.25) is 0 Å². The van der Waals surface area contributed by atoms with Crippen LogP contribution in [-0.2, 0) is 6.54 Å². The monoisotopic (exact) mass is 488 g/mol. The summed E-state index contributed by atoms with van der Waals surface area (Å²) in [5.74, 6) is -0.751. The third-order valence-corrected chi connectivity index (χ3v) is 6.23. The number of anilines is 1. The number of aliphatic hydroxyl groups is 1. The zero-order chi connectivity index (χ0) is 25.6. The lowest BCUT2D eigenvalue weighted by molar-refractivity contribution is -0.0159. The summed E-state index contributed by atoms with van der Waals surface area (Å²) in [5, 5.41) is 17.1. The minimum absolute atomic E-state index is 0.160. The number of alkyl halides is 1. The summed E-state index contributed by atoms with van der Waals surface area (Å²) in [4.78, 5) is 36.4. The van der Waals surface area contributed by atoms with Gasteiger partial charge in [-0.3, -0.25) is 14.6 Å². The summed E-state index contributed by atoms with van der Waals surface area (Å²) in [5.41, 5.74) is 2.73. The molecule has 184 valence electrons. The predicted octanol–water partition coefficient (Wildman–Crippen LogP) is 3.42. The molecule has 9 nitrogen and oxygen atoms in total. The number of carbonyl (C=O) groups is 2. The van der Waals surface area contributed by atoms with Gasteiger partial charge in [0.2, 0.25) is 0 Å². The Morgan fingerprint density at radius 3 is 2.75 bits per heavy atom. The van der Waals surface area contributed by atoms with Crippen LogP contribution in [0.25, 0.3) is 16.9 Å². The number of nitrogens with zero attached hydrogens (tertiary/aromatic N) is 5. The number of pyridine rings is 1. The molecule has 1 aliphatic rings. The summed E-state index contributed by atoms with van der Waals surface area (Å²) >= 11 is 0. The van der Waals surface area contributed by atoms with E-state index in [4.69, 9.17) is 0 Å². The van der Waals surface area contributed by atoms with Crippen LogP contribution >= 0.6 is 0 Å². The first kappa shape index (κ1) is 23.6. The molecule has 2 amide bonds. The number of benzene rings is 1. The van der Waals surface area contributed by atoms with Gasteiger partial charge in [-0.1, -0.05) is 6.07 Å². The highest BCUT2D eigenvalue weighted by Gasteiger charge is 2.35. The number of aromatic nitrogens is 4. The Balaban J connectivity index is 1.53. The number of hydrogen-bond donors (Lipinski definition) is 2. The van der Waals surface area contributed by atoms with E-state index in [1.54, 1.807) is 36.8 Å². The molecule has 4 heterocycles. The van der Waals surface area contributed by atoms with Crippen molar-refractivity contribution in [3.8, 4) is 11.3 Å². The van der Waals surface area contributed by atoms with Crippen molar-refractivity contribution in [2.45, 2.75) is 39.1 Å². The average Bonchev–Trinajstić information content (AvgIpc) is 3.40. The first-order chi connectivity index (χ1) is 17.1. The molecule has 10 heteroatoms. The van der Waals surface area contributed by atoms with Gasteiger partial charge in [-0.25, -0.2) is 13.9 Å². The van der Waals surface area contributed by atoms with Crippen molar-refractivity contribution < 1.29 is 19.1 Å². The van der Waals surface area contributed by atoms with E-state index in [9.17, 15) is 19.1 Å². The first-order valence-corrected chi connectivity index (χ1v) is 11.5. The van der Waals surface area contributed by atoms with Gasteiger partial charge in [-0.2, -0.15) is 5.10 Å². The molecule has 0 saturated heterocycles. The molecule has 0 unspecified atom stereocenters. The van der Waals surface area contributed by atoms with E-state index in [-0.39, 0.29) is 19.0 Å². The molecule has 5 rings (SSSR count). The molecule has 3 aromatic heterocycles. The van der Waals surface area contributed by atoms with Crippen LogP contribution in [0.1, 0.15) is 45.7 Å². The molecule has 2 N–H and O–H groups in total. The Morgan fingerprint density at radius 1 is 1.22 bits per heavy atom. The largest absolute Gasteiger partial charge is 0.387 e. The Bertz CT molecular complexity index is 1480. The van der Waals surface area contributed by atoms with Crippen molar-refractivity contribution >= 4 is 23.1 Å². The first-order valence-electron chi connectivity index (χ1n) is 11.5. The molecule has 0 fully saturated rings. The number of amides is 2. The van der Waals surface area contributed by atoms with Crippen LogP contribution in [-0.4, -0.2) is 59.7 Å². The van der Waals surface area contributed by atoms with Gasteiger partial charge in [0.25, 0.3) is 11.8 Å². The molecule has 36 heavy (non-hydrogen) atoms. The molecule has 0 aliphatic carbocycles. The zero-order valence-electron chi connectivity index (χ0n) is 20.1. The van der Waals surface area contributed by atoms with E-state index in [1.165, 1.54) is 29.5 Å². The normalized spacial score (nSPS) is 14.2. The summed E-state index contributed by atoms with van der Waals surface area (Å²) in [6.07, 6.45) is 4.81. The van der Waals surface area contributed by atoms with E-state index in [2.05, 4.69) is 20.4 Å². The third-order valence-electron chi connectivity index (χ3n) is 6.23. The van der Waals surface area contributed by atoms with Crippen molar-refractivity contribution in [2.75, 3.05) is 11.9 Å². The lowest BCUT2D eigenvalue weighted by Gasteiger charge is -2.26. The smallest absolute Gasteiger partial charge is 0.261 e. The molecule has 1 aromatic carbocycles. The van der Waals surface area contributed by atoms with Gasteiger partial charge < -0.3 is 15.3 Å². The number of carbonyl (C=O) groups excluding carboxylic acids is 2. The highest BCUT2D eigenvalue weighted by Crippen LogP contribution is 2.35. The number of aryl methyl sites for hydroxylation is 1. The van der Waals surface area contributed by atoms with Gasteiger partial charge in [0.05, 0.1) is 29.7 Å². The van der Waals surface area contributed by atoms with Crippen LogP contribution in [0, 0.1) is 6.92 Å². The van der Waals surface area contributed by atoms with Crippen molar-refractivity contribution in [2.24, 2.45) is 0 Å². The average molecular weight is 489 g/mol. The van der Waals surface area contributed by atoms with E-state index in [0.717, 1.165) is 5.56 Å². The third kappa shape index (κ3) is 4.31. The standard InChI is InChI=1S/C26H25FN6O3/c1-15-5-6-20(29-11-15)18-10-17-16(13-32(25(17)35)14-22(27)26(2,3)36)9-21(18)31-24(34)19-12-30-33-8-4-7-28-23(19)33/h4-12,22,36H,13-14H2,1-3H3,(H,31,34)/t22-/m1/s1. The van der Waals surface area contributed by atoms with E-state index in [1.807, 2.05) is 19.1 Å². The fourth-order valence-corrected chi connectivity index (χ4v) is 4.11. The second kappa shape index (κ2) is 8.80. The molecule has 0 bridgehead atoms. The second-order valence-corrected chi connectivity index (χ2v) is 9.48. The fourth-order valence-electron chi connectivity index (χ4n) is 4.11. The van der Waals surface area contributed by atoms with E-state index < -0.39 is 17.7 Å². The Kier molecular flexibility index (Phi) is 5.76. The molecule has 1 atom stereocenters. The Hall–Kier alpha value is -4.18. The molecule has 0 spiro atoms. The van der Waals surface area contributed by atoms with Crippen molar-refractivity contribution in [1.29, 1.82) is 0 Å². The number of halogens is 1. The van der Waals surface area contributed by atoms with Crippen molar-refractivity contribution in [1.82, 2.24) is 24.5 Å². The molecular weight excluding hydrogens is 463 g/mol. The summed E-state index contributed by atoms with van der Waals surface area (Å²) < 4.78 is 16.1. The van der Waals surface area contributed by atoms with Crippen LogP contribution < -0.4 is 5.32 Å². The minimum atomic E-state index is -1.61. The van der Waals surface area contributed by atoms with Gasteiger partial charge in [0.15, 0.2) is 5.65 Å². The molecule has 0 saturated carbocycles. The van der Waals surface area contributed by atoms with Gasteiger partial charge in [-0.15, -0.1) is 0 Å². The summed E-state index contributed by atoms with van der Waals surface area (Å²) in [7, 11) is 0. The Morgan fingerprint density at radius 2 is 2.03 bits per heavy atom. The topological polar surface area (TPSA) is 113 Å². The van der Waals surface area contributed by atoms with Crippen molar-refractivity contribution in [3.05, 3.63) is 77.4 Å². The van der Waals surface area contributed by atoms with Gasteiger partial charge in [0, 0.05) is 36.3 Å². The molecular formula is C26H25FN6O3. The molecule has 1 aliphatic heterocycles. The number of rotatable bonds is 6. The maximum atomic E-state index is 14.6. The van der Waals surface area contributed by atoms with Gasteiger partial charge in [0.1, 0.15) is 11.7 Å². The zero-order valence-corrected chi connectivity index (χ0v) is 20.1. The predicted molar refractivity (Wildman–Crippen MR) is 131 cm³/mol. The molecule has 0 radical (unpaired) electrons. The maximum Gasteiger partial charge on any atom is 0.261 e. The van der Waals surface area contributed by atoms with Gasteiger partial charge >= 0.3 is 0 Å². The molecule has 4 aromatic rings. The van der Waals surface area contributed by atoms with Crippen LogP contribution in [0.3, 0.4) is 0 Å². The SMILES string of the molecule is Cc1ccc(-c2cc3c(cc2NC(=O)c2cnn4cccnc24)CN(C[C@@H](F)C(C)(C)O)C3=O)nc1. The van der Waals surface area contributed by atoms with E-state index in [0.29, 0.717) is 39.3 Å². The van der Waals surface area contributed by atoms with Gasteiger partial charge in [-0.05, 0) is 56.2 Å². The fraction of sp³-hybridized carbons (Fsp3) is 0.269. The number of fused-ring (bicyclic) bond motifs is 2. The maximum absolute atomic E-state index is 14.6. The minimum Gasteiger partial charge on any atom is -0.387 e. The van der Waals surface area contributed by atoms with Crippen molar-refractivity contribution in [3.63, 3.8) is 0 Å². The lowest BCUT2D eigenvalue weighted by Crippen LogP contribution is -2.42. The van der Waals surface area contributed by atoms with Crippen LogP contribution in [0.4, 0.5) is 10.1 Å². The Labute approximate surface area is 206 Å². The van der Waals surface area contributed by atoms with Crippen LogP contribution in [0.15, 0.2) is 55.1 Å². The second-order valence-electron chi connectivity index (χ2n) is 9.48. The lowest BCUT2D eigenvalue weighted by atomic mass is 10.0. The highest BCUT2D eigenvalue weighted by atomic mass is 19.1. The van der Waals surface area contributed by atoms with E-state index >= 15 is 0 Å². The summed E-state index contributed by atoms with van der Waals surface area (Å²) in [6.45, 7) is 4.57. The highest BCUT2D eigenvalue weighted by molar-refractivity contribution is 6.10. The number of hydrogen-bond acceptors (Lipinski definition) is 6.